The van der Waals surface area contributed by atoms with Crippen LogP contribution in [0.1, 0.15) is 51.3 Å². The average Bonchev–Trinajstić information content (AvgIpc) is 3.05. The molecule has 2 aromatic carbocycles. The number of nitrogens with one attached hydrogen (secondary N) is 1. The molecule has 13 heteroatoms. The maximum atomic E-state index is 14.6. The van der Waals surface area contributed by atoms with Gasteiger partial charge in [-0.2, -0.15) is 0 Å². The zero-order valence-corrected chi connectivity index (χ0v) is 25.0. The summed E-state index contributed by atoms with van der Waals surface area (Å²) in [5.41, 5.74) is -1.83. The molecule has 44 heavy (non-hydrogen) atoms. The van der Waals surface area contributed by atoms with Crippen LogP contribution in [0.4, 0.5) is 18.9 Å². The van der Waals surface area contributed by atoms with Crippen LogP contribution in [-0.2, 0) is 19.1 Å². The van der Waals surface area contributed by atoms with Crippen LogP contribution in [0, 0.1) is 10.8 Å². The van der Waals surface area contributed by atoms with Crippen LogP contribution >= 0.6 is 0 Å². The zero-order chi connectivity index (χ0) is 32.1. The van der Waals surface area contributed by atoms with E-state index in [4.69, 9.17) is 14.2 Å². The predicted molar refractivity (Wildman–Crippen MR) is 151 cm³/mol. The maximum Gasteiger partial charge on any atom is 0.573 e. The average molecular weight is 622 g/mol. The number of Topliss-reactive ketones (excluding diaryl/α,β-unsaturated/α-hetero) is 1. The minimum absolute atomic E-state index is 0.0356. The summed E-state index contributed by atoms with van der Waals surface area (Å²) in [4.78, 5) is 41.0. The summed E-state index contributed by atoms with van der Waals surface area (Å²) in [6.45, 7) is 6.95. The van der Waals surface area contributed by atoms with E-state index in [1.165, 1.54) is 19.1 Å². The van der Waals surface area contributed by atoms with Gasteiger partial charge in [-0.15, -0.1) is 13.2 Å². The Morgan fingerprint density at radius 1 is 1.11 bits per heavy atom. The van der Waals surface area contributed by atoms with Gasteiger partial charge in [-0.1, -0.05) is 32.9 Å². The van der Waals surface area contributed by atoms with Crippen LogP contribution in [0.5, 0.6) is 17.2 Å². The lowest BCUT2D eigenvalue weighted by Crippen LogP contribution is -2.75. The van der Waals surface area contributed by atoms with Gasteiger partial charge in [0, 0.05) is 36.6 Å². The van der Waals surface area contributed by atoms with E-state index < -0.39 is 63.8 Å². The fourth-order valence-electron chi connectivity index (χ4n) is 6.94. The van der Waals surface area contributed by atoms with Crippen molar-refractivity contribution < 1.29 is 51.6 Å². The van der Waals surface area contributed by atoms with Crippen LogP contribution in [0.15, 0.2) is 36.4 Å². The Balaban J connectivity index is 1.85. The molecule has 2 aromatic rings. The molecule has 238 valence electrons. The van der Waals surface area contributed by atoms with Gasteiger partial charge in [-0.3, -0.25) is 9.59 Å². The molecule has 2 N–H and O–H groups in total. The van der Waals surface area contributed by atoms with E-state index in [0.717, 1.165) is 6.07 Å². The van der Waals surface area contributed by atoms with Crippen molar-refractivity contribution in [3.63, 3.8) is 0 Å². The standard InChI is InChI=1S/C31H35F3N2O8/c1-18(37)30(28(39)40)16-35-11-10-24(30)36(17-29(2,3)4)22-9-8-19(44-31(32,33)34)14-21(22)26(43-15-25(36)38)20-6-5-7-23-27(20)42-13-12-41-23/h5-9,14,24,26,35H,10-13,15-17H2,1-4H3/p+1/t24-,26?,30+,36?/m1/s1. The van der Waals surface area contributed by atoms with Crippen molar-refractivity contribution in [3.8, 4) is 17.2 Å². The Morgan fingerprint density at radius 2 is 1.84 bits per heavy atom. The molecule has 3 aliphatic heterocycles. The number of ether oxygens (including phenoxy) is 4. The molecule has 0 aliphatic carbocycles. The largest absolute Gasteiger partial charge is 0.573 e. The quantitative estimate of drug-likeness (QED) is 0.358. The number of carboxylic acid groups (broad SMARTS) is 1. The van der Waals surface area contributed by atoms with Crippen LogP contribution in [0.3, 0.4) is 0 Å². The number of quaternary nitrogens is 1. The fraction of sp³-hybridized carbons (Fsp3) is 0.516. The van der Waals surface area contributed by atoms with Gasteiger partial charge < -0.3 is 29.4 Å². The van der Waals surface area contributed by atoms with Gasteiger partial charge in [-0.25, -0.2) is 9.28 Å². The van der Waals surface area contributed by atoms with Gasteiger partial charge in [0.05, 0.1) is 12.1 Å². The molecule has 3 heterocycles. The topological polar surface area (TPSA) is 120 Å². The number of piperidine rings is 1. The summed E-state index contributed by atoms with van der Waals surface area (Å²) < 4.78 is 61.9. The van der Waals surface area contributed by atoms with Gasteiger partial charge in [0.25, 0.3) is 0 Å². The van der Waals surface area contributed by atoms with Crippen molar-refractivity contribution in [1.82, 2.24) is 9.80 Å². The second kappa shape index (κ2) is 11.4. The number of ketones is 1. The first-order chi connectivity index (χ1) is 20.6. The molecular formula is C31H36F3N2O8+. The van der Waals surface area contributed by atoms with Gasteiger partial charge >= 0.3 is 18.2 Å². The lowest BCUT2D eigenvalue weighted by Gasteiger charge is -2.51. The second-order valence-corrected chi connectivity index (χ2v) is 12.6. The highest BCUT2D eigenvalue weighted by Crippen LogP contribution is 2.51. The van der Waals surface area contributed by atoms with Crippen LogP contribution in [-0.4, -0.2) is 74.6 Å². The van der Waals surface area contributed by atoms with E-state index in [-0.39, 0.29) is 37.4 Å². The van der Waals surface area contributed by atoms with Gasteiger partial charge in [-0.05, 0) is 25.1 Å². The Labute approximate surface area is 252 Å². The Bertz CT molecular complexity index is 1460. The monoisotopic (exact) mass is 621 g/mol. The number of carbonyl (C=O) groups excluding carboxylic acids is 2. The van der Waals surface area contributed by atoms with Gasteiger partial charge in [0.2, 0.25) is 0 Å². The minimum atomic E-state index is -5.01. The van der Waals surface area contributed by atoms with E-state index in [0.29, 0.717) is 30.2 Å². The number of benzene rings is 2. The number of alkyl halides is 3. The molecule has 4 atom stereocenters. The first-order valence-electron chi connectivity index (χ1n) is 14.4. The molecular weight excluding hydrogens is 585 g/mol. The number of aliphatic carboxylic acids is 1. The molecule has 2 unspecified atom stereocenters. The van der Waals surface area contributed by atoms with Crippen molar-refractivity contribution in [3.05, 3.63) is 47.5 Å². The summed E-state index contributed by atoms with van der Waals surface area (Å²) in [5, 5.41) is 13.6. The SMILES string of the molecule is CC(=O)[C@@]1(C(=O)O)CNCC[C@H]1[N+]1(CC(C)(C)C)C(=O)COC(c2cccc3c2OCCO3)c2cc(OC(F)(F)F)ccc21. The highest BCUT2D eigenvalue weighted by atomic mass is 19.4. The van der Waals surface area contributed by atoms with Crippen molar-refractivity contribution >= 4 is 23.3 Å². The molecule has 5 rings (SSSR count). The van der Waals surface area contributed by atoms with E-state index in [9.17, 15) is 32.7 Å². The van der Waals surface area contributed by atoms with Crippen LogP contribution in [0.2, 0.25) is 0 Å². The summed E-state index contributed by atoms with van der Waals surface area (Å²) in [6, 6.07) is 7.58. The smallest absolute Gasteiger partial charge is 0.486 e. The van der Waals surface area contributed by atoms with Crippen LogP contribution in [0.25, 0.3) is 0 Å². The van der Waals surface area contributed by atoms with Gasteiger partial charge in [0.15, 0.2) is 29.3 Å². The van der Waals surface area contributed by atoms with Crippen molar-refractivity contribution in [2.24, 2.45) is 10.8 Å². The molecule has 0 radical (unpaired) electrons. The van der Waals surface area contributed by atoms with Crippen molar-refractivity contribution in [2.45, 2.75) is 52.6 Å². The van der Waals surface area contributed by atoms with E-state index >= 15 is 0 Å². The number of carboxylic acids is 1. The molecule has 0 bridgehead atoms. The third-order valence-electron chi connectivity index (χ3n) is 8.48. The molecule has 0 spiro atoms. The predicted octanol–water partition coefficient (Wildman–Crippen LogP) is 4.38. The first kappa shape index (κ1) is 31.7. The lowest BCUT2D eigenvalue weighted by molar-refractivity contribution is -0.274. The van der Waals surface area contributed by atoms with E-state index in [1.807, 2.05) is 20.8 Å². The number of amides is 1. The summed E-state index contributed by atoms with van der Waals surface area (Å²) in [7, 11) is 0. The third kappa shape index (κ3) is 5.52. The lowest BCUT2D eigenvalue weighted by atomic mass is 9.70. The number of nitrogens with zero attached hydrogens (tertiary/aromatic N) is 1. The Hall–Kier alpha value is -3.68. The Morgan fingerprint density at radius 3 is 2.50 bits per heavy atom. The number of para-hydroxylation sites is 1. The van der Waals surface area contributed by atoms with Crippen LogP contribution < -0.4 is 24.0 Å². The number of rotatable bonds is 6. The molecule has 0 aromatic heterocycles. The molecule has 1 fully saturated rings. The summed E-state index contributed by atoms with van der Waals surface area (Å²) in [5.74, 6) is -2.35. The summed E-state index contributed by atoms with van der Waals surface area (Å²) in [6.07, 6.45) is -6.01. The second-order valence-electron chi connectivity index (χ2n) is 12.6. The molecule has 1 amide bonds. The molecule has 3 aliphatic rings. The number of hydrogen-bond acceptors (Lipinski definition) is 8. The molecule has 1 saturated heterocycles. The number of fused-ring (bicyclic) bond motifs is 2. The normalized spacial score (nSPS) is 27.2. The summed E-state index contributed by atoms with van der Waals surface area (Å²) >= 11 is 0. The number of halogens is 3. The number of hydrogen-bond donors (Lipinski definition) is 2. The highest BCUT2D eigenvalue weighted by molar-refractivity contribution is 6.05. The minimum Gasteiger partial charge on any atom is -0.486 e. The third-order valence-corrected chi connectivity index (χ3v) is 8.48. The van der Waals surface area contributed by atoms with Crippen molar-refractivity contribution in [2.75, 3.05) is 39.5 Å². The first-order valence-corrected chi connectivity index (χ1v) is 14.4. The van der Waals surface area contributed by atoms with E-state index in [1.54, 1.807) is 18.2 Å². The molecule has 10 nitrogen and oxygen atoms in total. The molecule has 0 saturated carbocycles. The number of carbonyl (C=O) groups is 3. The Kier molecular flexibility index (Phi) is 8.19. The van der Waals surface area contributed by atoms with Gasteiger partial charge in [0.1, 0.15) is 36.8 Å². The maximum absolute atomic E-state index is 14.6. The van der Waals surface area contributed by atoms with E-state index in [2.05, 4.69) is 10.1 Å². The van der Waals surface area contributed by atoms with Crippen molar-refractivity contribution in [1.29, 1.82) is 0 Å². The highest BCUT2D eigenvalue weighted by Gasteiger charge is 2.65. The fourth-order valence-corrected chi connectivity index (χ4v) is 6.94. The zero-order valence-electron chi connectivity index (χ0n) is 25.0.